The summed E-state index contributed by atoms with van der Waals surface area (Å²) in [6.07, 6.45) is 7.84. The molecule has 0 aliphatic carbocycles. The maximum atomic E-state index is 6.30. The Kier molecular flexibility index (Phi) is 8.54. The van der Waals surface area contributed by atoms with E-state index in [0.717, 1.165) is 12.8 Å². The highest BCUT2D eigenvalue weighted by atomic mass is 15.1. The highest BCUT2D eigenvalue weighted by molar-refractivity contribution is 4.94. The predicted octanol–water partition coefficient (Wildman–Crippen LogP) is 4.07. The summed E-state index contributed by atoms with van der Waals surface area (Å²) in [6, 6.07) is 0. The van der Waals surface area contributed by atoms with Crippen molar-refractivity contribution in [2.75, 3.05) is 0 Å². The predicted molar refractivity (Wildman–Crippen MR) is 82.5 cm³/mol. The second-order valence-electron chi connectivity index (χ2n) is 5.85. The van der Waals surface area contributed by atoms with E-state index in [2.05, 4.69) is 46.5 Å². The zero-order valence-corrected chi connectivity index (χ0v) is 13.1. The molecule has 0 heterocycles. The van der Waals surface area contributed by atoms with E-state index in [4.69, 9.17) is 5.73 Å². The summed E-state index contributed by atoms with van der Waals surface area (Å²) in [5.74, 6) is 1.13. The number of allylic oxidation sites excluding steroid dienone is 1. The number of nitrogens with two attached hydrogens (primary N) is 1. The average Bonchev–Trinajstić information content (AvgIpc) is 2.34. The van der Waals surface area contributed by atoms with E-state index in [1.165, 1.54) is 19.3 Å². The van der Waals surface area contributed by atoms with Crippen molar-refractivity contribution in [3.05, 3.63) is 12.7 Å². The molecule has 0 aromatic heterocycles. The van der Waals surface area contributed by atoms with E-state index < -0.39 is 0 Å². The molecule has 4 atom stereocenters. The lowest BCUT2D eigenvalue weighted by Crippen LogP contribution is -2.58. The maximum Gasteiger partial charge on any atom is 0.0576 e. The average molecular weight is 254 g/mol. The van der Waals surface area contributed by atoms with Gasteiger partial charge in [0.1, 0.15) is 0 Å². The molecule has 0 saturated heterocycles. The van der Waals surface area contributed by atoms with Gasteiger partial charge in [-0.15, -0.1) is 6.58 Å². The molecule has 0 fully saturated rings. The molecule has 0 amide bonds. The molecule has 2 heteroatoms. The van der Waals surface area contributed by atoms with E-state index >= 15 is 0 Å². The van der Waals surface area contributed by atoms with Crippen LogP contribution >= 0.6 is 0 Å². The fraction of sp³-hybridized carbons (Fsp3) is 0.875. The Morgan fingerprint density at radius 3 is 2.28 bits per heavy atom. The molecule has 4 unspecified atom stereocenters. The molecular formula is C16H34N2. The minimum Gasteiger partial charge on any atom is -0.316 e. The molecule has 0 aliphatic rings. The third-order valence-electron chi connectivity index (χ3n) is 4.37. The fourth-order valence-electron chi connectivity index (χ4n) is 2.77. The van der Waals surface area contributed by atoms with Gasteiger partial charge >= 0.3 is 0 Å². The first-order valence-electron chi connectivity index (χ1n) is 7.59. The molecular weight excluding hydrogens is 220 g/mol. The van der Waals surface area contributed by atoms with Gasteiger partial charge in [-0.25, -0.2) is 0 Å². The molecule has 0 aliphatic heterocycles. The quantitative estimate of drug-likeness (QED) is 0.455. The van der Waals surface area contributed by atoms with Gasteiger partial charge in [0, 0.05) is 5.54 Å². The van der Waals surface area contributed by atoms with Gasteiger partial charge < -0.3 is 5.73 Å². The molecule has 0 aromatic rings. The minimum atomic E-state index is 0.0883. The first kappa shape index (κ1) is 17.7. The normalized spacial score (nSPS) is 19.9. The van der Waals surface area contributed by atoms with Crippen LogP contribution < -0.4 is 11.1 Å². The molecule has 0 rings (SSSR count). The van der Waals surface area contributed by atoms with E-state index in [1.54, 1.807) is 0 Å². The Morgan fingerprint density at radius 2 is 1.89 bits per heavy atom. The number of nitrogens with one attached hydrogen (secondary N) is 1. The third-order valence-corrected chi connectivity index (χ3v) is 4.37. The summed E-state index contributed by atoms with van der Waals surface area (Å²) in [4.78, 5) is 0. The minimum absolute atomic E-state index is 0.0883. The van der Waals surface area contributed by atoms with Crippen molar-refractivity contribution in [1.29, 1.82) is 0 Å². The summed E-state index contributed by atoms with van der Waals surface area (Å²) < 4.78 is 0. The van der Waals surface area contributed by atoms with Crippen LogP contribution in [0.15, 0.2) is 12.7 Å². The van der Waals surface area contributed by atoms with E-state index in [-0.39, 0.29) is 11.7 Å². The maximum absolute atomic E-state index is 6.30. The van der Waals surface area contributed by atoms with Gasteiger partial charge in [-0.2, -0.15) is 0 Å². The molecule has 0 aromatic carbocycles. The monoisotopic (exact) mass is 254 g/mol. The molecule has 2 nitrogen and oxygen atoms in total. The Morgan fingerprint density at radius 1 is 1.28 bits per heavy atom. The zero-order valence-electron chi connectivity index (χ0n) is 13.1. The SMILES string of the molecule is C=CCC(CC)C(C)(CCC)NC(N)C(C)CC. The van der Waals surface area contributed by atoms with Crippen LogP contribution in [-0.2, 0) is 0 Å². The van der Waals surface area contributed by atoms with Gasteiger partial charge in [0.15, 0.2) is 0 Å². The molecule has 0 spiro atoms. The topological polar surface area (TPSA) is 38.0 Å². The van der Waals surface area contributed by atoms with Crippen molar-refractivity contribution in [1.82, 2.24) is 5.32 Å². The zero-order chi connectivity index (χ0) is 14.2. The van der Waals surface area contributed by atoms with Crippen molar-refractivity contribution in [2.45, 2.75) is 78.4 Å². The molecule has 0 radical (unpaired) electrons. The Hall–Kier alpha value is -0.340. The first-order chi connectivity index (χ1) is 8.45. The Balaban J connectivity index is 4.82. The van der Waals surface area contributed by atoms with Crippen LogP contribution in [0.2, 0.25) is 0 Å². The Labute approximate surface area is 114 Å². The Bertz CT molecular complexity index is 227. The number of rotatable bonds is 10. The van der Waals surface area contributed by atoms with Crippen molar-refractivity contribution < 1.29 is 0 Å². The highest BCUT2D eigenvalue weighted by Gasteiger charge is 2.33. The lowest BCUT2D eigenvalue weighted by Gasteiger charge is -2.41. The van der Waals surface area contributed by atoms with Gasteiger partial charge in [-0.3, -0.25) is 5.32 Å². The third kappa shape index (κ3) is 5.11. The second kappa shape index (κ2) is 8.71. The van der Waals surface area contributed by atoms with E-state index in [9.17, 15) is 0 Å². The molecule has 108 valence electrons. The number of hydrogen-bond donors (Lipinski definition) is 2. The van der Waals surface area contributed by atoms with Crippen LogP contribution in [0.4, 0.5) is 0 Å². The second-order valence-corrected chi connectivity index (χ2v) is 5.85. The molecule has 18 heavy (non-hydrogen) atoms. The van der Waals surface area contributed by atoms with Gasteiger partial charge in [-0.1, -0.05) is 53.0 Å². The summed E-state index contributed by atoms with van der Waals surface area (Å²) in [5.41, 5.74) is 6.42. The lowest BCUT2D eigenvalue weighted by atomic mass is 9.77. The van der Waals surface area contributed by atoms with Crippen LogP contribution in [-0.4, -0.2) is 11.7 Å². The van der Waals surface area contributed by atoms with Crippen molar-refractivity contribution in [3.63, 3.8) is 0 Å². The van der Waals surface area contributed by atoms with E-state index in [0.29, 0.717) is 11.8 Å². The van der Waals surface area contributed by atoms with E-state index in [1.807, 2.05) is 6.08 Å². The van der Waals surface area contributed by atoms with Gasteiger partial charge in [0.05, 0.1) is 6.17 Å². The molecule has 3 N–H and O–H groups in total. The molecule has 0 bridgehead atoms. The van der Waals surface area contributed by atoms with Crippen LogP contribution in [0.3, 0.4) is 0 Å². The van der Waals surface area contributed by atoms with Crippen molar-refractivity contribution in [3.8, 4) is 0 Å². The van der Waals surface area contributed by atoms with Crippen LogP contribution in [0.5, 0.6) is 0 Å². The van der Waals surface area contributed by atoms with Crippen molar-refractivity contribution >= 4 is 0 Å². The van der Waals surface area contributed by atoms with Gasteiger partial charge in [-0.05, 0) is 31.6 Å². The smallest absolute Gasteiger partial charge is 0.0576 e. The fourth-order valence-corrected chi connectivity index (χ4v) is 2.77. The largest absolute Gasteiger partial charge is 0.316 e. The first-order valence-corrected chi connectivity index (χ1v) is 7.59. The summed E-state index contributed by atoms with van der Waals surface area (Å²) >= 11 is 0. The number of hydrogen-bond acceptors (Lipinski definition) is 2. The molecule has 0 saturated carbocycles. The lowest BCUT2D eigenvalue weighted by molar-refractivity contribution is 0.164. The summed E-state index contributed by atoms with van der Waals surface area (Å²) in [6.45, 7) is 15.2. The van der Waals surface area contributed by atoms with Crippen LogP contribution in [0.1, 0.15) is 66.7 Å². The van der Waals surface area contributed by atoms with Gasteiger partial charge in [0.2, 0.25) is 0 Å². The summed E-state index contributed by atoms with van der Waals surface area (Å²) in [5, 5.41) is 3.71. The van der Waals surface area contributed by atoms with Crippen molar-refractivity contribution in [2.24, 2.45) is 17.6 Å². The standard InChI is InChI=1S/C16H34N2/c1-7-11-14(10-4)16(6,12-8-2)18-15(17)13(5)9-3/h7,13-15,18H,1,8-12,17H2,2-6H3. The van der Waals surface area contributed by atoms with Crippen LogP contribution in [0.25, 0.3) is 0 Å². The summed E-state index contributed by atoms with van der Waals surface area (Å²) in [7, 11) is 0. The van der Waals surface area contributed by atoms with Crippen LogP contribution in [0, 0.1) is 11.8 Å². The van der Waals surface area contributed by atoms with Gasteiger partial charge in [0.25, 0.3) is 0 Å². The highest BCUT2D eigenvalue weighted by Crippen LogP contribution is 2.29.